The van der Waals surface area contributed by atoms with Crippen molar-refractivity contribution in [2.75, 3.05) is 14.1 Å². The third-order valence-electron chi connectivity index (χ3n) is 4.56. The Kier molecular flexibility index (Phi) is 4.69. The topological polar surface area (TPSA) is 38.1 Å². The fraction of sp³-hybridized carbons (Fsp3) is 0.733. The van der Waals surface area contributed by atoms with E-state index in [1.54, 1.807) is 10.9 Å². The Bertz CT molecular complexity index is 497. The summed E-state index contributed by atoms with van der Waals surface area (Å²) in [5, 5.41) is 4.29. The molecule has 0 radical (unpaired) electrons. The Hall–Kier alpha value is -0.680. The molecule has 0 spiro atoms. The minimum Gasteiger partial charge on any atom is -0.297 e. The molecule has 0 aromatic carbocycles. The van der Waals surface area contributed by atoms with Gasteiger partial charge in [-0.15, -0.1) is 0 Å². The summed E-state index contributed by atoms with van der Waals surface area (Å²) in [6.07, 6.45) is 5.93. The zero-order valence-corrected chi connectivity index (χ0v) is 14.4. The Morgan fingerprint density at radius 2 is 2.30 bits per heavy atom. The molecule has 1 aromatic heterocycles. The van der Waals surface area contributed by atoms with E-state index in [2.05, 4.69) is 32.9 Å². The summed E-state index contributed by atoms with van der Waals surface area (Å²) in [4.78, 5) is 15.4. The first-order valence-corrected chi connectivity index (χ1v) is 8.15. The van der Waals surface area contributed by atoms with Crippen molar-refractivity contribution >= 4 is 21.7 Å². The van der Waals surface area contributed by atoms with Crippen LogP contribution in [0.25, 0.3) is 0 Å². The third-order valence-corrected chi connectivity index (χ3v) is 5.14. The van der Waals surface area contributed by atoms with Crippen LogP contribution in [0.3, 0.4) is 0 Å². The number of likely N-dealkylation sites (N-methyl/N-ethyl adjacent to an activating group) is 1. The maximum absolute atomic E-state index is 13.2. The Balaban J connectivity index is 2.44. The lowest BCUT2D eigenvalue weighted by Crippen LogP contribution is -2.54. The van der Waals surface area contributed by atoms with Gasteiger partial charge in [0, 0.05) is 6.54 Å². The van der Waals surface area contributed by atoms with E-state index < -0.39 is 0 Å². The first-order valence-electron chi connectivity index (χ1n) is 7.36. The third kappa shape index (κ3) is 2.58. The summed E-state index contributed by atoms with van der Waals surface area (Å²) in [6.45, 7) is 4.98. The molecule has 1 aliphatic rings. The van der Waals surface area contributed by atoms with Crippen LogP contribution >= 0.6 is 15.9 Å². The van der Waals surface area contributed by atoms with Crippen molar-refractivity contribution in [1.82, 2.24) is 14.7 Å². The van der Waals surface area contributed by atoms with Gasteiger partial charge in [0.1, 0.15) is 5.69 Å². The summed E-state index contributed by atoms with van der Waals surface area (Å²) in [6, 6.07) is 0. The van der Waals surface area contributed by atoms with E-state index in [0.29, 0.717) is 12.5 Å². The van der Waals surface area contributed by atoms with E-state index in [0.717, 1.165) is 29.4 Å². The van der Waals surface area contributed by atoms with Gasteiger partial charge in [0.25, 0.3) is 0 Å². The summed E-state index contributed by atoms with van der Waals surface area (Å²) in [7, 11) is 4.05. The molecule has 2 rings (SSSR count). The highest BCUT2D eigenvalue weighted by Gasteiger charge is 2.45. The molecule has 0 amide bonds. The molecule has 20 heavy (non-hydrogen) atoms. The van der Waals surface area contributed by atoms with Crippen LogP contribution in [0, 0.1) is 5.92 Å². The van der Waals surface area contributed by atoms with Crippen LogP contribution < -0.4 is 0 Å². The van der Waals surface area contributed by atoms with Gasteiger partial charge < -0.3 is 0 Å². The van der Waals surface area contributed by atoms with Crippen LogP contribution in [0.4, 0.5) is 0 Å². The molecule has 112 valence electrons. The van der Waals surface area contributed by atoms with Gasteiger partial charge in [-0.05, 0) is 55.7 Å². The molecule has 0 bridgehead atoms. The molecule has 5 heteroatoms. The molecule has 1 saturated carbocycles. The van der Waals surface area contributed by atoms with Gasteiger partial charge in [0.05, 0.1) is 16.2 Å². The SMILES string of the molecule is CCn1ncc(Br)c1C(=O)C1(N(C)C)CCCC(C)C1. The molecule has 2 unspecified atom stereocenters. The number of hydrogen-bond donors (Lipinski definition) is 0. The molecule has 2 atom stereocenters. The van der Waals surface area contributed by atoms with Gasteiger partial charge in [-0.25, -0.2) is 0 Å². The van der Waals surface area contributed by atoms with Crippen LogP contribution in [-0.4, -0.2) is 40.1 Å². The predicted molar refractivity (Wildman–Crippen MR) is 84.0 cm³/mol. The standard InChI is InChI=1S/C15H24BrN3O/c1-5-19-13(12(16)10-17-19)14(20)15(18(3)4)8-6-7-11(2)9-15/h10-11H,5-9H2,1-4H3. The second-order valence-corrected chi connectivity index (χ2v) is 6.97. The molecular weight excluding hydrogens is 318 g/mol. The van der Waals surface area contributed by atoms with E-state index in [1.807, 2.05) is 21.0 Å². The lowest BCUT2D eigenvalue weighted by Gasteiger charge is -2.43. The summed E-state index contributed by atoms with van der Waals surface area (Å²) < 4.78 is 2.61. The second-order valence-electron chi connectivity index (χ2n) is 6.11. The van der Waals surface area contributed by atoms with Gasteiger partial charge in [0.15, 0.2) is 0 Å². The van der Waals surface area contributed by atoms with E-state index >= 15 is 0 Å². The van der Waals surface area contributed by atoms with Crippen LogP contribution in [0.1, 0.15) is 50.0 Å². The number of nitrogens with zero attached hydrogens (tertiary/aromatic N) is 3. The molecule has 1 fully saturated rings. The van der Waals surface area contributed by atoms with Gasteiger partial charge in [-0.2, -0.15) is 5.10 Å². The number of ketones is 1. The summed E-state index contributed by atoms with van der Waals surface area (Å²) in [5.41, 5.74) is 0.336. The lowest BCUT2D eigenvalue weighted by molar-refractivity contribution is 0.0474. The number of aryl methyl sites for hydroxylation is 1. The average molecular weight is 342 g/mol. The first kappa shape index (κ1) is 15.7. The van der Waals surface area contributed by atoms with Crippen molar-refractivity contribution < 1.29 is 4.79 Å². The number of halogens is 1. The number of Topliss-reactive ketones (excluding diaryl/α,β-unsaturated/α-hetero) is 1. The Morgan fingerprint density at radius 3 is 2.85 bits per heavy atom. The van der Waals surface area contributed by atoms with E-state index in [9.17, 15) is 4.79 Å². The number of carbonyl (C=O) groups excluding carboxylic acids is 1. The number of rotatable bonds is 4. The zero-order chi connectivity index (χ0) is 14.9. The highest BCUT2D eigenvalue weighted by molar-refractivity contribution is 9.10. The monoisotopic (exact) mass is 341 g/mol. The normalized spacial score (nSPS) is 27.0. The Labute approximate surface area is 129 Å². The largest absolute Gasteiger partial charge is 0.297 e. The average Bonchev–Trinajstić information content (AvgIpc) is 2.78. The second kappa shape index (κ2) is 5.98. The minimum atomic E-state index is -0.382. The van der Waals surface area contributed by atoms with Crippen molar-refractivity contribution in [2.45, 2.75) is 51.6 Å². The van der Waals surface area contributed by atoms with Gasteiger partial charge in [-0.3, -0.25) is 14.4 Å². The van der Waals surface area contributed by atoms with Crippen molar-refractivity contribution in [3.05, 3.63) is 16.4 Å². The molecule has 0 N–H and O–H groups in total. The smallest absolute Gasteiger partial charge is 0.202 e. The van der Waals surface area contributed by atoms with Crippen molar-refractivity contribution in [3.8, 4) is 0 Å². The molecule has 4 nitrogen and oxygen atoms in total. The van der Waals surface area contributed by atoms with Gasteiger partial charge in [0.2, 0.25) is 5.78 Å². The maximum atomic E-state index is 13.2. The molecular formula is C15H24BrN3O. The van der Waals surface area contributed by atoms with Crippen molar-refractivity contribution in [3.63, 3.8) is 0 Å². The minimum absolute atomic E-state index is 0.209. The summed E-state index contributed by atoms with van der Waals surface area (Å²) in [5.74, 6) is 0.798. The molecule has 1 heterocycles. The van der Waals surface area contributed by atoms with E-state index in [1.165, 1.54) is 6.42 Å². The number of aromatic nitrogens is 2. The van der Waals surface area contributed by atoms with Crippen LogP contribution in [0.15, 0.2) is 10.7 Å². The predicted octanol–water partition coefficient (Wildman–Crippen LogP) is 3.36. The maximum Gasteiger partial charge on any atom is 0.202 e. The fourth-order valence-electron chi connectivity index (χ4n) is 3.39. The van der Waals surface area contributed by atoms with Crippen LogP contribution in [-0.2, 0) is 6.54 Å². The first-order chi connectivity index (χ1) is 9.42. The van der Waals surface area contributed by atoms with Crippen molar-refractivity contribution in [2.24, 2.45) is 5.92 Å². The quantitative estimate of drug-likeness (QED) is 0.788. The molecule has 0 aliphatic heterocycles. The number of carbonyl (C=O) groups is 1. The fourth-order valence-corrected chi connectivity index (χ4v) is 3.86. The van der Waals surface area contributed by atoms with Crippen LogP contribution in [0.2, 0.25) is 0 Å². The zero-order valence-electron chi connectivity index (χ0n) is 12.8. The highest BCUT2D eigenvalue weighted by Crippen LogP contribution is 2.39. The Morgan fingerprint density at radius 1 is 1.60 bits per heavy atom. The van der Waals surface area contributed by atoms with Crippen LogP contribution in [0.5, 0.6) is 0 Å². The molecule has 1 aromatic rings. The lowest BCUT2D eigenvalue weighted by atomic mass is 9.72. The summed E-state index contributed by atoms with van der Waals surface area (Å²) >= 11 is 3.49. The molecule has 0 saturated heterocycles. The highest BCUT2D eigenvalue weighted by atomic mass is 79.9. The number of hydrogen-bond acceptors (Lipinski definition) is 3. The van der Waals surface area contributed by atoms with E-state index in [-0.39, 0.29) is 11.3 Å². The van der Waals surface area contributed by atoms with E-state index in [4.69, 9.17) is 0 Å². The molecule has 1 aliphatic carbocycles. The van der Waals surface area contributed by atoms with Gasteiger partial charge >= 0.3 is 0 Å². The van der Waals surface area contributed by atoms with Gasteiger partial charge in [-0.1, -0.05) is 19.8 Å². The van der Waals surface area contributed by atoms with Crippen molar-refractivity contribution in [1.29, 1.82) is 0 Å².